The molecule has 2 nitrogen and oxygen atoms in total. The molecule has 0 radical (unpaired) electrons. The Morgan fingerprint density at radius 3 is 1.55 bits per heavy atom. The van der Waals surface area contributed by atoms with Gasteiger partial charge in [-0.1, -0.05) is 12.1 Å². The van der Waals surface area contributed by atoms with E-state index in [1.54, 1.807) is 0 Å². The molecule has 0 saturated carbocycles. The van der Waals surface area contributed by atoms with Crippen LogP contribution < -0.4 is 5.19 Å². The lowest BCUT2D eigenvalue weighted by atomic mass is 9.85. The third kappa shape index (κ3) is 3.12. The predicted octanol–water partition coefficient (Wildman–Crippen LogP) is 4.76. The maximum absolute atomic E-state index is 13.5. The van der Waals surface area contributed by atoms with E-state index in [2.05, 4.69) is 4.43 Å². The van der Waals surface area contributed by atoms with E-state index in [0.29, 0.717) is 0 Å². The Morgan fingerprint density at radius 2 is 1.21 bits per heavy atom. The number of halogens is 12. The van der Waals surface area contributed by atoms with Crippen LogP contribution in [0, 0.1) is 0 Å². The van der Waals surface area contributed by atoms with E-state index in [-0.39, 0.29) is 12.1 Å². The van der Waals surface area contributed by atoms with E-state index in [1.807, 2.05) is 0 Å². The van der Waals surface area contributed by atoms with Crippen molar-refractivity contribution in [1.82, 2.24) is 0 Å². The maximum atomic E-state index is 13.5. The van der Waals surface area contributed by atoms with Crippen LogP contribution in [0.2, 0.25) is 13.1 Å². The van der Waals surface area contributed by atoms with Crippen molar-refractivity contribution in [2.75, 3.05) is 0 Å². The highest BCUT2D eigenvalue weighted by Crippen LogP contribution is 2.58. The number of rotatable bonds is 1. The minimum atomic E-state index is -6.50. The van der Waals surface area contributed by atoms with Gasteiger partial charge in [0.25, 0.3) is 11.2 Å². The maximum Gasteiger partial charge on any atom is 0.430 e. The molecule has 1 aliphatic rings. The van der Waals surface area contributed by atoms with Crippen molar-refractivity contribution in [2.24, 2.45) is 0 Å². The summed E-state index contributed by atoms with van der Waals surface area (Å²) in [6.45, 7) is 1.73. The SMILES string of the molecule is C[Si]1(C)OC(C(F)(F)F)(C(F)(F)F)c2cc(C(O)(C(F)(F)F)C(F)(F)F)ccc21. The monoisotopic (exact) mass is 466 g/mol. The fourth-order valence-electron chi connectivity index (χ4n) is 3.15. The Morgan fingerprint density at radius 1 is 0.793 bits per heavy atom. The van der Waals surface area contributed by atoms with Crippen LogP contribution in [0.25, 0.3) is 0 Å². The first-order chi connectivity index (χ1) is 12.5. The van der Waals surface area contributed by atoms with E-state index >= 15 is 0 Å². The molecule has 0 spiro atoms. The van der Waals surface area contributed by atoms with Crippen molar-refractivity contribution in [3.05, 3.63) is 29.3 Å². The number of fused-ring (bicyclic) bond motifs is 1. The highest BCUT2D eigenvalue weighted by Gasteiger charge is 2.79. The number of hydrogen-bond donors (Lipinski definition) is 1. The van der Waals surface area contributed by atoms with Gasteiger partial charge < -0.3 is 9.53 Å². The fraction of sp³-hybridized carbons (Fsp3) is 0.571. The summed E-state index contributed by atoms with van der Waals surface area (Å²) in [5.41, 5.74) is -15.0. The van der Waals surface area contributed by atoms with Gasteiger partial charge in [-0.15, -0.1) is 0 Å². The van der Waals surface area contributed by atoms with E-state index in [1.165, 1.54) is 0 Å². The van der Waals surface area contributed by atoms with E-state index in [4.69, 9.17) is 0 Å². The third-order valence-corrected chi connectivity index (χ3v) is 7.04. The third-order valence-electron chi connectivity index (χ3n) is 4.49. The summed E-state index contributed by atoms with van der Waals surface area (Å²) in [5, 5.41) is 8.55. The molecular weight excluding hydrogens is 456 g/mol. The average molecular weight is 466 g/mol. The summed E-state index contributed by atoms with van der Waals surface area (Å²) in [4.78, 5) is 0. The summed E-state index contributed by atoms with van der Waals surface area (Å²) >= 11 is 0. The molecule has 1 N–H and O–H groups in total. The average Bonchev–Trinajstić information content (AvgIpc) is 2.72. The van der Waals surface area contributed by atoms with Gasteiger partial charge in [-0.05, 0) is 24.3 Å². The van der Waals surface area contributed by atoms with E-state index < -0.39 is 66.6 Å². The molecule has 1 heterocycles. The molecule has 29 heavy (non-hydrogen) atoms. The van der Waals surface area contributed by atoms with Crippen molar-refractivity contribution in [3.63, 3.8) is 0 Å². The van der Waals surface area contributed by atoms with Gasteiger partial charge >= 0.3 is 24.7 Å². The Bertz CT molecular complexity index is 775. The second-order valence-corrected chi connectivity index (χ2v) is 10.5. The molecule has 0 aromatic heterocycles. The van der Waals surface area contributed by atoms with Crippen LogP contribution in [0.4, 0.5) is 52.7 Å². The zero-order valence-electron chi connectivity index (χ0n) is 14.1. The number of benzene rings is 1. The van der Waals surface area contributed by atoms with Gasteiger partial charge in [-0.25, -0.2) is 0 Å². The van der Waals surface area contributed by atoms with Crippen LogP contribution in [0.15, 0.2) is 18.2 Å². The molecule has 0 aliphatic carbocycles. The molecule has 0 bridgehead atoms. The Balaban J connectivity index is 2.96. The lowest BCUT2D eigenvalue weighted by Gasteiger charge is -2.37. The first-order valence-electron chi connectivity index (χ1n) is 7.39. The van der Waals surface area contributed by atoms with Crippen molar-refractivity contribution >= 4 is 13.5 Å². The van der Waals surface area contributed by atoms with Gasteiger partial charge in [-0.3, -0.25) is 0 Å². The van der Waals surface area contributed by atoms with E-state index in [0.717, 1.165) is 13.1 Å². The Hall–Kier alpha value is -1.48. The summed E-state index contributed by atoms with van der Waals surface area (Å²) in [6.07, 6.45) is -25.5. The smallest absolute Gasteiger partial charge is 0.389 e. The molecule has 15 heteroatoms. The van der Waals surface area contributed by atoms with Crippen LogP contribution in [0.1, 0.15) is 11.1 Å². The standard InChI is InChI=1S/C14H10F12O2Si/c1-29(2)8-4-3-6(9(27,11(15,16)17)12(18,19)20)5-7(8)10(28-29,13(21,22)23)14(24,25)26/h3-5,27H,1-2H3. The lowest BCUT2D eigenvalue weighted by molar-refractivity contribution is -0.376. The highest BCUT2D eigenvalue weighted by atomic mass is 28.4. The lowest BCUT2D eigenvalue weighted by Crippen LogP contribution is -2.56. The zero-order chi connectivity index (χ0) is 23.1. The summed E-state index contributed by atoms with van der Waals surface area (Å²) < 4.78 is 163. The second-order valence-electron chi connectivity index (χ2n) is 6.76. The summed E-state index contributed by atoms with van der Waals surface area (Å²) in [5.74, 6) is 0. The van der Waals surface area contributed by atoms with Crippen molar-refractivity contribution in [3.8, 4) is 0 Å². The summed E-state index contributed by atoms with van der Waals surface area (Å²) in [6, 6.07) is -0.335. The van der Waals surface area contributed by atoms with Crippen molar-refractivity contribution in [2.45, 2.75) is 49.0 Å². The molecular formula is C14H10F12O2Si. The first-order valence-corrected chi connectivity index (χ1v) is 10.3. The topological polar surface area (TPSA) is 29.5 Å². The van der Waals surface area contributed by atoms with Crippen molar-refractivity contribution in [1.29, 1.82) is 0 Å². The molecule has 1 aromatic carbocycles. The van der Waals surface area contributed by atoms with Crippen LogP contribution in [-0.4, -0.2) is 38.1 Å². The Labute approximate surface area is 155 Å². The molecule has 0 saturated heterocycles. The number of hydrogen-bond acceptors (Lipinski definition) is 2. The molecule has 1 aromatic rings. The van der Waals surface area contributed by atoms with Crippen LogP contribution >= 0.6 is 0 Å². The predicted molar refractivity (Wildman–Crippen MR) is 74.4 cm³/mol. The fourth-order valence-corrected chi connectivity index (χ4v) is 5.75. The van der Waals surface area contributed by atoms with Crippen LogP contribution in [0.5, 0.6) is 0 Å². The van der Waals surface area contributed by atoms with Crippen molar-refractivity contribution < 1.29 is 62.2 Å². The zero-order valence-corrected chi connectivity index (χ0v) is 15.1. The molecule has 0 amide bonds. The van der Waals surface area contributed by atoms with E-state index in [9.17, 15) is 57.8 Å². The minimum absolute atomic E-state index is 0.0131. The van der Waals surface area contributed by atoms with Crippen LogP contribution in [0.3, 0.4) is 0 Å². The van der Waals surface area contributed by atoms with Gasteiger partial charge in [0.2, 0.25) is 8.32 Å². The largest absolute Gasteiger partial charge is 0.430 e. The summed E-state index contributed by atoms with van der Waals surface area (Å²) in [7, 11) is -4.07. The normalized spacial score (nSPS) is 20.0. The molecule has 2 rings (SSSR count). The molecule has 166 valence electrons. The van der Waals surface area contributed by atoms with Gasteiger partial charge in [0.1, 0.15) is 0 Å². The molecule has 0 fully saturated rings. The minimum Gasteiger partial charge on any atom is -0.389 e. The Kier molecular flexibility index (Phi) is 4.95. The number of alkyl halides is 12. The van der Waals surface area contributed by atoms with Gasteiger partial charge in [0.05, 0.1) is 0 Å². The molecule has 1 aliphatic heterocycles. The molecule has 0 unspecified atom stereocenters. The molecule has 0 atom stereocenters. The highest BCUT2D eigenvalue weighted by molar-refractivity contribution is 6.85. The van der Waals surface area contributed by atoms with Crippen LogP contribution in [-0.2, 0) is 15.6 Å². The number of aliphatic hydroxyl groups is 1. The second kappa shape index (κ2) is 6.03. The van der Waals surface area contributed by atoms with Gasteiger partial charge in [0.15, 0.2) is 0 Å². The van der Waals surface area contributed by atoms with Gasteiger partial charge in [0, 0.05) is 11.1 Å². The quantitative estimate of drug-likeness (QED) is 0.478. The first kappa shape index (κ1) is 23.8. The van der Waals surface area contributed by atoms with Gasteiger partial charge in [-0.2, -0.15) is 52.7 Å².